The van der Waals surface area contributed by atoms with Gasteiger partial charge < -0.3 is 4.84 Å². The second-order valence-electron chi connectivity index (χ2n) is 4.98. The summed E-state index contributed by atoms with van der Waals surface area (Å²) >= 11 is 0. The van der Waals surface area contributed by atoms with Gasteiger partial charge in [-0.25, -0.2) is 0 Å². The molecule has 23 heavy (non-hydrogen) atoms. The average molecular weight is 309 g/mol. The molecule has 7 heteroatoms. The molecule has 0 aliphatic heterocycles. The molecule has 7 nitrogen and oxygen atoms in total. The normalized spacial score (nSPS) is 13.5. The summed E-state index contributed by atoms with van der Waals surface area (Å²) in [5.74, 6) is 4.69. The van der Waals surface area contributed by atoms with Crippen molar-refractivity contribution in [2.45, 2.75) is 6.42 Å². The summed E-state index contributed by atoms with van der Waals surface area (Å²) in [6.45, 7) is 0. The number of ketones is 1. The Morgan fingerprint density at radius 2 is 1.78 bits per heavy atom. The van der Waals surface area contributed by atoms with Gasteiger partial charge in [0.1, 0.15) is 11.4 Å². The zero-order valence-electron chi connectivity index (χ0n) is 11.9. The van der Waals surface area contributed by atoms with Crippen LogP contribution in [0.1, 0.15) is 21.5 Å². The molecule has 0 radical (unpaired) electrons. The molecule has 0 atom stereocenters. The number of hydrogen-bond acceptors (Lipinski definition) is 7. The monoisotopic (exact) mass is 309 g/mol. The van der Waals surface area contributed by atoms with E-state index in [0.717, 1.165) is 5.56 Å². The number of nitrogens with zero attached hydrogens (tertiary/aromatic N) is 2. The fourth-order valence-electron chi connectivity index (χ4n) is 2.71. The van der Waals surface area contributed by atoms with Crippen LogP contribution in [0.25, 0.3) is 5.57 Å². The summed E-state index contributed by atoms with van der Waals surface area (Å²) in [4.78, 5) is 39.2. The van der Waals surface area contributed by atoms with E-state index in [0.29, 0.717) is 11.1 Å². The number of nitroso groups, excluding NO2 is 2. The maximum atomic E-state index is 12.6. The maximum absolute atomic E-state index is 12.6. The first kappa shape index (κ1) is 14.7. The second kappa shape index (κ2) is 5.90. The van der Waals surface area contributed by atoms with Crippen molar-refractivity contribution in [2.75, 3.05) is 0 Å². The van der Waals surface area contributed by atoms with E-state index >= 15 is 0 Å². The highest BCUT2D eigenvalue weighted by atomic mass is 16.6. The zero-order valence-corrected chi connectivity index (χ0v) is 11.9. The number of fused-ring (bicyclic) bond motifs is 1. The SMILES string of the molecule is NOC1=C(c2ccccc2)Cc2cc(N=O)cc(N=O)c2C1=O. The summed E-state index contributed by atoms with van der Waals surface area (Å²) in [6.07, 6.45) is 0.267. The van der Waals surface area contributed by atoms with Crippen molar-refractivity contribution in [3.63, 3.8) is 0 Å². The van der Waals surface area contributed by atoms with Crippen molar-refractivity contribution < 1.29 is 9.63 Å². The molecule has 0 saturated heterocycles. The standard InChI is InChI=1S/C16H11N3O4/c17-23-16-12(9-4-2-1-3-5-9)7-10-6-11(18-21)8-13(19-22)14(10)15(16)20/h1-6,8H,7,17H2. The lowest BCUT2D eigenvalue weighted by Crippen LogP contribution is -2.20. The van der Waals surface area contributed by atoms with Crippen LogP contribution < -0.4 is 5.90 Å². The minimum Gasteiger partial charge on any atom is -0.407 e. The van der Waals surface area contributed by atoms with Crippen LogP contribution in [0, 0.1) is 9.81 Å². The first-order chi connectivity index (χ1) is 11.2. The van der Waals surface area contributed by atoms with Gasteiger partial charge in [0.05, 0.1) is 5.56 Å². The van der Waals surface area contributed by atoms with E-state index in [4.69, 9.17) is 10.7 Å². The van der Waals surface area contributed by atoms with Gasteiger partial charge in [0.15, 0.2) is 5.76 Å². The van der Waals surface area contributed by atoms with Crippen LogP contribution in [0.4, 0.5) is 11.4 Å². The highest BCUT2D eigenvalue weighted by Crippen LogP contribution is 2.39. The summed E-state index contributed by atoms with van der Waals surface area (Å²) in [5, 5.41) is 5.64. The largest absolute Gasteiger partial charge is 0.407 e. The third kappa shape index (κ3) is 2.43. The van der Waals surface area contributed by atoms with Gasteiger partial charge in [-0.05, 0) is 33.6 Å². The molecule has 2 aromatic rings. The Morgan fingerprint density at radius 1 is 1.04 bits per heavy atom. The van der Waals surface area contributed by atoms with E-state index in [-0.39, 0.29) is 29.1 Å². The number of allylic oxidation sites excluding steroid dienone is 2. The summed E-state index contributed by atoms with van der Waals surface area (Å²) in [6, 6.07) is 11.7. The van der Waals surface area contributed by atoms with Crippen molar-refractivity contribution in [1.29, 1.82) is 0 Å². The molecule has 2 N–H and O–H groups in total. The smallest absolute Gasteiger partial charge is 0.233 e. The molecule has 0 amide bonds. The van der Waals surface area contributed by atoms with E-state index in [1.165, 1.54) is 12.1 Å². The van der Waals surface area contributed by atoms with Crippen molar-refractivity contribution in [3.05, 3.63) is 74.7 Å². The van der Waals surface area contributed by atoms with Crippen molar-refractivity contribution in [1.82, 2.24) is 0 Å². The Balaban J connectivity index is 2.23. The number of hydrogen-bond donors (Lipinski definition) is 1. The average Bonchev–Trinajstić information content (AvgIpc) is 2.61. The van der Waals surface area contributed by atoms with Gasteiger partial charge in [-0.1, -0.05) is 30.3 Å². The zero-order chi connectivity index (χ0) is 16.4. The fraction of sp³-hybridized carbons (Fsp3) is 0.0625. The van der Waals surface area contributed by atoms with Gasteiger partial charge in [-0.3, -0.25) is 4.79 Å². The summed E-state index contributed by atoms with van der Waals surface area (Å²) < 4.78 is 0. The van der Waals surface area contributed by atoms with E-state index in [1.54, 1.807) is 0 Å². The second-order valence-corrected chi connectivity index (χ2v) is 4.98. The molecule has 0 saturated carbocycles. The van der Waals surface area contributed by atoms with Crippen LogP contribution in [-0.2, 0) is 11.3 Å². The number of carbonyl (C=O) groups is 1. The summed E-state index contributed by atoms with van der Waals surface area (Å²) in [5.41, 5.74) is 1.80. The van der Waals surface area contributed by atoms with E-state index < -0.39 is 5.78 Å². The van der Waals surface area contributed by atoms with Gasteiger partial charge in [0.25, 0.3) is 0 Å². The van der Waals surface area contributed by atoms with Crippen LogP contribution >= 0.6 is 0 Å². The first-order valence-electron chi connectivity index (χ1n) is 6.73. The summed E-state index contributed by atoms with van der Waals surface area (Å²) in [7, 11) is 0. The van der Waals surface area contributed by atoms with E-state index in [2.05, 4.69) is 10.4 Å². The Labute approximate surface area is 130 Å². The third-order valence-electron chi connectivity index (χ3n) is 3.70. The van der Waals surface area contributed by atoms with Crippen molar-refractivity contribution in [2.24, 2.45) is 16.3 Å². The molecule has 0 aromatic heterocycles. The molecule has 2 aromatic carbocycles. The molecule has 1 aliphatic carbocycles. The molecular formula is C16H11N3O4. The van der Waals surface area contributed by atoms with Crippen LogP contribution in [0.2, 0.25) is 0 Å². The highest BCUT2D eigenvalue weighted by molar-refractivity contribution is 6.17. The van der Waals surface area contributed by atoms with Gasteiger partial charge in [-0.2, -0.15) is 5.90 Å². The van der Waals surface area contributed by atoms with Crippen LogP contribution in [0.3, 0.4) is 0 Å². The van der Waals surface area contributed by atoms with Gasteiger partial charge >= 0.3 is 0 Å². The molecule has 0 spiro atoms. The van der Waals surface area contributed by atoms with Crippen LogP contribution in [-0.4, -0.2) is 5.78 Å². The lowest BCUT2D eigenvalue weighted by Gasteiger charge is -2.21. The third-order valence-corrected chi connectivity index (χ3v) is 3.70. The minimum absolute atomic E-state index is 0.0377. The van der Waals surface area contributed by atoms with Gasteiger partial charge in [-0.15, -0.1) is 9.81 Å². The molecular weight excluding hydrogens is 298 g/mol. The Kier molecular flexibility index (Phi) is 3.78. The van der Waals surface area contributed by atoms with E-state index in [9.17, 15) is 14.6 Å². The predicted octanol–water partition coefficient (Wildman–Crippen LogP) is 3.52. The number of carbonyl (C=O) groups excluding carboxylic acids is 1. The Hall–Kier alpha value is -3.19. The Bertz CT molecular complexity index is 844. The first-order valence-corrected chi connectivity index (χ1v) is 6.73. The lowest BCUT2D eigenvalue weighted by molar-refractivity contribution is 0.0918. The highest BCUT2D eigenvalue weighted by Gasteiger charge is 2.31. The van der Waals surface area contributed by atoms with Gasteiger partial charge in [0, 0.05) is 12.0 Å². The van der Waals surface area contributed by atoms with Crippen LogP contribution in [0.5, 0.6) is 0 Å². The number of Topliss-reactive ketones (excluding diaryl/α,β-unsaturated/α-hetero) is 1. The fourth-order valence-corrected chi connectivity index (χ4v) is 2.71. The molecule has 114 valence electrons. The molecule has 0 bridgehead atoms. The molecule has 0 unspecified atom stereocenters. The van der Waals surface area contributed by atoms with Crippen LogP contribution in [0.15, 0.2) is 58.6 Å². The number of rotatable bonds is 4. The molecule has 3 rings (SSSR count). The van der Waals surface area contributed by atoms with Gasteiger partial charge in [0.2, 0.25) is 5.78 Å². The lowest BCUT2D eigenvalue weighted by atomic mass is 9.85. The Morgan fingerprint density at radius 3 is 2.39 bits per heavy atom. The predicted molar refractivity (Wildman–Crippen MR) is 84.0 cm³/mol. The van der Waals surface area contributed by atoms with Crippen molar-refractivity contribution in [3.8, 4) is 0 Å². The number of nitrogens with two attached hydrogens (primary N) is 1. The molecule has 1 aliphatic rings. The minimum atomic E-state index is -0.542. The quantitative estimate of drug-likeness (QED) is 0.686. The molecule has 0 fully saturated rings. The maximum Gasteiger partial charge on any atom is 0.233 e. The van der Waals surface area contributed by atoms with Crippen molar-refractivity contribution >= 4 is 22.7 Å². The topological polar surface area (TPSA) is 111 Å². The number of benzene rings is 2. The molecule has 0 heterocycles. The van der Waals surface area contributed by atoms with E-state index in [1.807, 2.05) is 30.3 Å².